The minimum absolute atomic E-state index is 0.0837. The topological polar surface area (TPSA) is 47.6 Å². The summed E-state index contributed by atoms with van der Waals surface area (Å²) in [6.45, 7) is 2.51. The molecule has 0 saturated heterocycles. The highest BCUT2D eigenvalue weighted by Gasteiger charge is 2.20. The van der Waals surface area contributed by atoms with E-state index in [1.807, 2.05) is 31.2 Å². The van der Waals surface area contributed by atoms with Crippen molar-refractivity contribution >= 4 is 12.0 Å². The molecule has 1 amide bonds. The number of benzene rings is 2. The maximum absolute atomic E-state index is 12.4. The van der Waals surface area contributed by atoms with Crippen molar-refractivity contribution in [2.45, 2.75) is 32.2 Å². The van der Waals surface area contributed by atoms with Gasteiger partial charge in [0.15, 0.2) is 11.5 Å². The number of carbonyl (C=O) groups excluding carboxylic acids is 1. The third-order valence-electron chi connectivity index (χ3n) is 4.60. The summed E-state index contributed by atoms with van der Waals surface area (Å²) in [6.07, 6.45) is 6.54. The van der Waals surface area contributed by atoms with Crippen LogP contribution in [-0.2, 0) is 11.2 Å². The number of ether oxygens (including phenoxy) is 2. The van der Waals surface area contributed by atoms with E-state index in [1.165, 1.54) is 11.1 Å². The van der Waals surface area contributed by atoms with E-state index in [4.69, 9.17) is 9.47 Å². The number of carbonyl (C=O) groups is 1. The van der Waals surface area contributed by atoms with Gasteiger partial charge >= 0.3 is 0 Å². The second kappa shape index (κ2) is 8.56. The van der Waals surface area contributed by atoms with Gasteiger partial charge in [0.25, 0.3) is 0 Å². The number of fused-ring (bicyclic) bond motifs is 1. The Morgan fingerprint density at radius 1 is 1.23 bits per heavy atom. The van der Waals surface area contributed by atoms with Crippen LogP contribution in [0.4, 0.5) is 0 Å². The highest BCUT2D eigenvalue weighted by Crippen LogP contribution is 2.30. The second-order valence-electron chi connectivity index (χ2n) is 6.33. The zero-order valence-corrected chi connectivity index (χ0v) is 15.3. The van der Waals surface area contributed by atoms with Crippen molar-refractivity contribution in [1.29, 1.82) is 0 Å². The molecule has 136 valence electrons. The molecule has 1 N–H and O–H groups in total. The van der Waals surface area contributed by atoms with Crippen LogP contribution in [-0.4, -0.2) is 19.6 Å². The van der Waals surface area contributed by atoms with Crippen LogP contribution in [0.3, 0.4) is 0 Å². The Morgan fingerprint density at radius 2 is 2.08 bits per heavy atom. The average molecular weight is 351 g/mol. The molecule has 0 aromatic heterocycles. The molecule has 2 aromatic rings. The first-order chi connectivity index (χ1) is 12.7. The van der Waals surface area contributed by atoms with Crippen molar-refractivity contribution < 1.29 is 14.3 Å². The molecule has 0 bridgehead atoms. The molecular formula is C22H25NO3. The lowest BCUT2D eigenvalue weighted by atomic mass is 9.88. The van der Waals surface area contributed by atoms with E-state index < -0.39 is 0 Å². The van der Waals surface area contributed by atoms with Crippen molar-refractivity contribution in [3.63, 3.8) is 0 Å². The molecule has 4 nitrogen and oxygen atoms in total. The van der Waals surface area contributed by atoms with Crippen LogP contribution in [0.25, 0.3) is 6.08 Å². The van der Waals surface area contributed by atoms with E-state index in [2.05, 4.69) is 23.5 Å². The first-order valence-corrected chi connectivity index (χ1v) is 9.08. The highest BCUT2D eigenvalue weighted by atomic mass is 16.5. The fraction of sp³-hybridized carbons (Fsp3) is 0.318. The molecule has 4 heteroatoms. The van der Waals surface area contributed by atoms with E-state index >= 15 is 0 Å². The smallest absolute Gasteiger partial charge is 0.244 e. The number of methoxy groups -OCH3 is 1. The first-order valence-electron chi connectivity index (χ1n) is 9.08. The van der Waals surface area contributed by atoms with Gasteiger partial charge in [-0.3, -0.25) is 4.79 Å². The quantitative estimate of drug-likeness (QED) is 0.789. The largest absolute Gasteiger partial charge is 0.493 e. The Hall–Kier alpha value is -2.75. The fourth-order valence-corrected chi connectivity index (χ4v) is 3.36. The molecule has 0 spiro atoms. The molecule has 26 heavy (non-hydrogen) atoms. The number of rotatable bonds is 6. The molecule has 1 atom stereocenters. The van der Waals surface area contributed by atoms with Gasteiger partial charge < -0.3 is 14.8 Å². The fourth-order valence-electron chi connectivity index (χ4n) is 3.36. The van der Waals surface area contributed by atoms with Gasteiger partial charge in [-0.15, -0.1) is 0 Å². The molecule has 0 aliphatic heterocycles. The summed E-state index contributed by atoms with van der Waals surface area (Å²) in [7, 11) is 1.61. The number of hydrogen-bond donors (Lipinski definition) is 1. The Bertz CT molecular complexity index is 798. The molecule has 1 unspecified atom stereocenters. The predicted octanol–water partition coefficient (Wildman–Crippen LogP) is 4.30. The Kier molecular flexibility index (Phi) is 5.95. The zero-order valence-electron chi connectivity index (χ0n) is 15.3. The summed E-state index contributed by atoms with van der Waals surface area (Å²) in [5.41, 5.74) is 3.47. The van der Waals surface area contributed by atoms with Crippen LogP contribution in [0.2, 0.25) is 0 Å². The van der Waals surface area contributed by atoms with Crippen LogP contribution < -0.4 is 14.8 Å². The lowest BCUT2D eigenvalue weighted by Gasteiger charge is -2.25. The number of aryl methyl sites for hydroxylation is 1. The zero-order chi connectivity index (χ0) is 18.4. The van der Waals surface area contributed by atoms with Crippen LogP contribution in [0.5, 0.6) is 11.5 Å². The van der Waals surface area contributed by atoms with Gasteiger partial charge in [-0.25, -0.2) is 0 Å². The van der Waals surface area contributed by atoms with Gasteiger partial charge in [0.2, 0.25) is 5.91 Å². The third-order valence-corrected chi connectivity index (χ3v) is 4.60. The number of hydrogen-bond acceptors (Lipinski definition) is 3. The minimum atomic E-state index is -0.0837. The Morgan fingerprint density at radius 3 is 2.88 bits per heavy atom. The summed E-state index contributed by atoms with van der Waals surface area (Å²) >= 11 is 0. The lowest BCUT2D eigenvalue weighted by Crippen LogP contribution is -2.29. The molecular weight excluding hydrogens is 326 g/mol. The van der Waals surface area contributed by atoms with Gasteiger partial charge in [-0.1, -0.05) is 30.3 Å². The van der Waals surface area contributed by atoms with Crippen LogP contribution in [0.1, 0.15) is 42.5 Å². The van der Waals surface area contributed by atoms with Gasteiger partial charge in [0.05, 0.1) is 19.8 Å². The molecule has 3 rings (SSSR count). The summed E-state index contributed by atoms with van der Waals surface area (Å²) in [5, 5.41) is 3.12. The van der Waals surface area contributed by atoms with Gasteiger partial charge in [-0.05, 0) is 61.1 Å². The van der Waals surface area contributed by atoms with Gasteiger partial charge in [0, 0.05) is 6.08 Å². The predicted molar refractivity (Wildman–Crippen MR) is 103 cm³/mol. The highest BCUT2D eigenvalue weighted by molar-refractivity contribution is 5.92. The monoisotopic (exact) mass is 351 g/mol. The average Bonchev–Trinajstić information content (AvgIpc) is 2.67. The van der Waals surface area contributed by atoms with Gasteiger partial charge in [-0.2, -0.15) is 0 Å². The van der Waals surface area contributed by atoms with E-state index in [0.717, 1.165) is 24.8 Å². The van der Waals surface area contributed by atoms with Gasteiger partial charge in [0.1, 0.15) is 0 Å². The summed E-state index contributed by atoms with van der Waals surface area (Å²) in [4.78, 5) is 12.4. The molecule has 0 radical (unpaired) electrons. The van der Waals surface area contributed by atoms with Crippen molar-refractivity contribution in [2.75, 3.05) is 13.7 Å². The molecule has 2 aromatic carbocycles. The summed E-state index contributed by atoms with van der Waals surface area (Å²) < 4.78 is 10.9. The van der Waals surface area contributed by atoms with Crippen LogP contribution in [0.15, 0.2) is 48.5 Å². The van der Waals surface area contributed by atoms with Crippen molar-refractivity contribution in [3.05, 3.63) is 65.2 Å². The first kappa shape index (κ1) is 18.1. The van der Waals surface area contributed by atoms with E-state index in [1.54, 1.807) is 19.3 Å². The third kappa shape index (κ3) is 4.26. The van der Waals surface area contributed by atoms with E-state index in [-0.39, 0.29) is 11.9 Å². The van der Waals surface area contributed by atoms with Crippen molar-refractivity contribution in [1.82, 2.24) is 5.32 Å². The SMILES string of the molecule is CCOc1ccc(/C=C/C(=O)NC2CCCc3ccccc32)cc1OC. The number of nitrogens with one attached hydrogen (secondary N) is 1. The Balaban J connectivity index is 1.67. The van der Waals surface area contributed by atoms with Crippen molar-refractivity contribution in [3.8, 4) is 11.5 Å². The summed E-state index contributed by atoms with van der Waals surface area (Å²) in [5.74, 6) is 1.28. The lowest BCUT2D eigenvalue weighted by molar-refractivity contribution is -0.117. The maximum Gasteiger partial charge on any atom is 0.244 e. The van der Waals surface area contributed by atoms with E-state index in [0.29, 0.717) is 18.1 Å². The summed E-state index contributed by atoms with van der Waals surface area (Å²) in [6, 6.07) is 14.1. The van der Waals surface area contributed by atoms with E-state index in [9.17, 15) is 4.79 Å². The molecule has 1 aliphatic rings. The Labute approximate surface area is 154 Å². The van der Waals surface area contributed by atoms with Crippen molar-refractivity contribution in [2.24, 2.45) is 0 Å². The minimum Gasteiger partial charge on any atom is -0.493 e. The molecule has 0 heterocycles. The van der Waals surface area contributed by atoms with Crippen LogP contribution in [0, 0.1) is 0 Å². The normalized spacial score (nSPS) is 16.2. The maximum atomic E-state index is 12.4. The van der Waals surface area contributed by atoms with Crippen LogP contribution >= 0.6 is 0 Å². The molecule has 1 aliphatic carbocycles. The molecule has 0 saturated carbocycles. The number of amides is 1. The second-order valence-corrected chi connectivity index (χ2v) is 6.33. The standard InChI is InChI=1S/C22H25NO3/c1-3-26-20-13-11-16(15-21(20)25-2)12-14-22(24)23-19-10-6-8-17-7-4-5-9-18(17)19/h4-5,7,9,11-15,19H,3,6,8,10H2,1-2H3,(H,23,24)/b14-12+. The molecule has 0 fully saturated rings.